The van der Waals surface area contributed by atoms with Crippen LogP contribution in [0.15, 0.2) is 78.1 Å². The van der Waals surface area contributed by atoms with Crippen molar-refractivity contribution in [1.82, 2.24) is 10.3 Å². The molecule has 0 radical (unpaired) electrons. The summed E-state index contributed by atoms with van der Waals surface area (Å²) >= 11 is 0. The fourth-order valence-corrected chi connectivity index (χ4v) is 3.26. The van der Waals surface area contributed by atoms with Crippen molar-refractivity contribution in [3.05, 3.63) is 84.1 Å². The molecule has 1 atom stereocenters. The largest absolute Gasteiger partial charge is 0.490 e. The van der Waals surface area contributed by atoms with Gasteiger partial charge in [-0.2, -0.15) is 0 Å². The van der Waals surface area contributed by atoms with Crippen LogP contribution in [-0.2, 0) is 16.1 Å². The van der Waals surface area contributed by atoms with Crippen LogP contribution in [0.4, 0.5) is 0 Å². The average Bonchev–Trinajstić information content (AvgIpc) is 2.85. The summed E-state index contributed by atoms with van der Waals surface area (Å²) in [4.78, 5) is 21.0. The fourth-order valence-electron chi connectivity index (χ4n) is 3.26. The van der Waals surface area contributed by atoms with Gasteiger partial charge in [0.25, 0.3) is 0 Å². The molecule has 0 amide bonds. The number of nitrogens with one attached hydrogen (secondary N) is 1. The molecule has 0 aliphatic heterocycles. The first-order valence-corrected chi connectivity index (χ1v) is 10.9. The zero-order valence-corrected chi connectivity index (χ0v) is 18.9. The summed E-state index contributed by atoms with van der Waals surface area (Å²) in [6.07, 6.45) is 2.20. The Balaban J connectivity index is 1.42. The SMILES string of the molecule is CCNC(Cc1ccc(OCCO/N=C(/C)c2ccc(-c3ccccn3)cc2)cc1)C(=O)O. The summed E-state index contributed by atoms with van der Waals surface area (Å²) in [5, 5.41) is 16.4. The maximum Gasteiger partial charge on any atom is 0.321 e. The summed E-state index contributed by atoms with van der Waals surface area (Å²) in [7, 11) is 0. The average molecular weight is 448 g/mol. The van der Waals surface area contributed by atoms with Gasteiger partial charge in [0.2, 0.25) is 0 Å². The molecule has 0 bridgehead atoms. The Hall–Kier alpha value is -3.71. The molecule has 7 heteroatoms. The molecule has 33 heavy (non-hydrogen) atoms. The number of pyridine rings is 1. The van der Waals surface area contributed by atoms with Gasteiger partial charge >= 0.3 is 5.97 Å². The standard InChI is InChI=1S/C26H29N3O4/c1-3-27-25(26(30)31)18-20-7-13-23(14-8-20)32-16-17-33-29-19(2)21-9-11-22(12-10-21)24-6-4-5-15-28-24/h4-15,25,27H,3,16-18H2,1-2H3,(H,30,31)/b29-19-. The lowest BCUT2D eigenvalue weighted by atomic mass is 10.1. The number of carboxylic acids is 1. The Morgan fingerprint density at radius 3 is 2.45 bits per heavy atom. The van der Waals surface area contributed by atoms with Crippen molar-refractivity contribution in [3.8, 4) is 17.0 Å². The monoisotopic (exact) mass is 447 g/mol. The van der Waals surface area contributed by atoms with Gasteiger partial charge in [-0.1, -0.05) is 54.5 Å². The number of likely N-dealkylation sites (N-methyl/N-ethyl adjacent to an activating group) is 1. The molecule has 1 aromatic heterocycles. The number of hydrogen-bond acceptors (Lipinski definition) is 6. The maximum atomic E-state index is 11.3. The number of aliphatic carboxylic acids is 1. The molecule has 0 fully saturated rings. The molecule has 3 rings (SSSR count). The molecule has 0 saturated heterocycles. The van der Waals surface area contributed by atoms with Crippen molar-refractivity contribution in [1.29, 1.82) is 0 Å². The third kappa shape index (κ3) is 7.43. The third-order valence-electron chi connectivity index (χ3n) is 5.02. The molecule has 7 nitrogen and oxygen atoms in total. The van der Waals surface area contributed by atoms with E-state index in [2.05, 4.69) is 15.5 Å². The summed E-state index contributed by atoms with van der Waals surface area (Å²) in [6, 6.07) is 20.7. The van der Waals surface area contributed by atoms with E-state index in [0.29, 0.717) is 31.9 Å². The van der Waals surface area contributed by atoms with Crippen LogP contribution < -0.4 is 10.1 Å². The summed E-state index contributed by atoms with van der Waals surface area (Å²) < 4.78 is 5.68. The van der Waals surface area contributed by atoms with Crippen LogP contribution in [0.25, 0.3) is 11.3 Å². The normalized spacial score (nSPS) is 12.2. The molecule has 0 aliphatic carbocycles. The van der Waals surface area contributed by atoms with Crippen LogP contribution in [0.3, 0.4) is 0 Å². The van der Waals surface area contributed by atoms with Crippen molar-refractivity contribution in [3.63, 3.8) is 0 Å². The number of carbonyl (C=O) groups is 1. The van der Waals surface area contributed by atoms with E-state index in [1.807, 2.05) is 80.6 Å². The molecule has 172 valence electrons. The first kappa shape index (κ1) is 23.9. The molecule has 1 heterocycles. The molecular formula is C26H29N3O4. The molecule has 2 aromatic carbocycles. The van der Waals surface area contributed by atoms with Gasteiger partial charge in [-0.15, -0.1) is 0 Å². The number of aromatic nitrogens is 1. The number of nitrogens with zero attached hydrogens (tertiary/aromatic N) is 2. The Labute approximate surface area is 194 Å². The van der Waals surface area contributed by atoms with Gasteiger partial charge in [0.1, 0.15) is 18.4 Å². The highest BCUT2D eigenvalue weighted by molar-refractivity contribution is 5.98. The van der Waals surface area contributed by atoms with E-state index in [1.54, 1.807) is 6.20 Å². The van der Waals surface area contributed by atoms with Crippen LogP contribution >= 0.6 is 0 Å². The Morgan fingerprint density at radius 2 is 1.82 bits per heavy atom. The Kier molecular flexibility index (Phi) is 8.97. The Morgan fingerprint density at radius 1 is 1.06 bits per heavy atom. The second-order valence-electron chi connectivity index (χ2n) is 7.45. The zero-order valence-electron chi connectivity index (χ0n) is 18.9. The number of benzene rings is 2. The second-order valence-corrected chi connectivity index (χ2v) is 7.45. The van der Waals surface area contributed by atoms with E-state index >= 15 is 0 Å². The van der Waals surface area contributed by atoms with Gasteiger partial charge in [-0.25, -0.2) is 0 Å². The topological polar surface area (TPSA) is 93.0 Å². The molecule has 2 N–H and O–H groups in total. The predicted molar refractivity (Wildman–Crippen MR) is 129 cm³/mol. The molecule has 0 saturated carbocycles. The minimum atomic E-state index is -0.852. The number of hydrogen-bond donors (Lipinski definition) is 2. The van der Waals surface area contributed by atoms with E-state index in [1.165, 1.54) is 0 Å². The van der Waals surface area contributed by atoms with Crippen LogP contribution in [0.2, 0.25) is 0 Å². The van der Waals surface area contributed by atoms with Crippen LogP contribution in [0.1, 0.15) is 25.0 Å². The molecule has 1 unspecified atom stereocenters. The minimum absolute atomic E-state index is 0.312. The summed E-state index contributed by atoms with van der Waals surface area (Å²) in [5.74, 6) is -0.155. The van der Waals surface area contributed by atoms with E-state index in [0.717, 1.165) is 28.1 Å². The number of rotatable bonds is 12. The maximum absolute atomic E-state index is 11.3. The van der Waals surface area contributed by atoms with E-state index < -0.39 is 12.0 Å². The van der Waals surface area contributed by atoms with E-state index in [4.69, 9.17) is 9.57 Å². The smallest absolute Gasteiger partial charge is 0.321 e. The number of carboxylic acid groups (broad SMARTS) is 1. The lowest BCUT2D eigenvalue weighted by Crippen LogP contribution is -2.38. The van der Waals surface area contributed by atoms with Crippen molar-refractivity contribution in [2.24, 2.45) is 5.16 Å². The van der Waals surface area contributed by atoms with Crippen molar-refractivity contribution in [2.45, 2.75) is 26.3 Å². The lowest BCUT2D eigenvalue weighted by Gasteiger charge is -2.13. The van der Waals surface area contributed by atoms with Crippen LogP contribution in [0, 0.1) is 0 Å². The molecule has 0 aliphatic rings. The van der Waals surface area contributed by atoms with Gasteiger partial charge in [-0.3, -0.25) is 9.78 Å². The predicted octanol–water partition coefficient (Wildman–Crippen LogP) is 4.17. The highest BCUT2D eigenvalue weighted by atomic mass is 16.6. The van der Waals surface area contributed by atoms with E-state index in [9.17, 15) is 9.90 Å². The van der Waals surface area contributed by atoms with Gasteiger partial charge < -0.3 is 20.0 Å². The first-order valence-electron chi connectivity index (χ1n) is 10.9. The highest BCUT2D eigenvalue weighted by Crippen LogP contribution is 2.17. The van der Waals surface area contributed by atoms with Gasteiger partial charge in [-0.05, 0) is 55.3 Å². The highest BCUT2D eigenvalue weighted by Gasteiger charge is 2.16. The minimum Gasteiger partial charge on any atom is -0.490 e. The first-order chi connectivity index (χ1) is 16.1. The fraction of sp³-hybridized carbons (Fsp3) is 0.269. The molecule has 3 aromatic rings. The van der Waals surface area contributed by atoms with E-state index in [-0.39, 0.29) is 0 Å². The van der Waals surface area contributed by atoms with Crippen molar-refractivity contribution < 1.29 is 19.5 Å². The van der Waals surface area contributed by atoms with Crippen molar-refractivity contribution >= 4 is 11.7 Å². The number of ether oxygens (including phenoxy) is 1. The Bertz CT molecular complexity index is 1040. The van der Waals surface area contributed by atoms with Crippen LogP contribution in [-0.4, -0.2) is 47.6 Å². The second kappa shape index (κ2) is 12.4. The lowest BCUT2D eigenvalue weighted by molar-refractivity contribution is -0.139. The number of oxime groups is 1. The van der Waals surface area contributed by atoms with Gasteiger partial charge in [0.05, 0.1) is 11.4 Å². The zero-order chi connectivity index (χ0) is 23.5. The molecule has 0 spiro atoms. The van der Waals surface area contributed by atoms with Gasteiger partial charge in [0, 0.05) is 11.8 Å². The van der Waals surface area contributed by atoms with Crippen LogP contribution in [0.5, 0.6) is 5.75 Å². The molecular weight excluding hydrogens is 418 g/mol. The summed E-state index contributed by atoms with van der Waals surface area (Å²) in [5.41, 5.74) is 4.66. The third-order valence-corrected chi connectivity index (χ3v) is 5.02. The van der Waals surface area contributed by atoms with Crippen molar-refractivity contribution in [2.75, 3.05) is 19.8 Å². The van der Waals surface area contributed by atoms with Gasteiger partial charge in [0.15, 0.2) is 6.61 Å². The summed E-state index contributed by atoms with van der Waals surface area (Å²) in [6.45, 7) is 5.06. The quantitative estimate of drug-likeness (QED) is 0.246.